The van der Waals surface area contributed by atoms with Crippen molar-refractivity contribution in [2.75, 3.05) is 5.73 Å². The molecule has 2 rings (SSSR count). The number of nitrogens with zero attached hydrogens (tertiary/aromatic N) is 2. The average molecular weight is 229 g/mol. The molecule has 1 saturated carbocycles. The van der Waals surface area contributed by atoms with Crippen molar-refractivity contribution in [2.24, 2.45) is 0 Å². The van der Waals surface area contributed by atoms with Crippen LogP contribution in [0.25, 0.3) is 0 Å². The molecule has 1 atom stereocenters. The van der Waals surface area contributed by atoms with Gasteiger partial charge in [0.2, 0.25) is 0 Å². The molecule has 0 radical (unpaired) electrons. The number of nitrogen functional groups attached to an aromatic ring is 1. The number of para-hydroxylation sites is 1. The molecule has 1 unspecified atom stereocenters. The highest BCUT2D eigenvalue weighted by Gasteiger charge is 2.33. The Morgan fingerprint density at radius 2 is 2.18 bits per heavy atom. The smallest absolute Gasteiger partial charge is 0.0980 e. The van der Waals surface area contributed by atoms with Crippen LogP contribution >= 0.6 is 0 Å². The largest absolute Gasteiger partial charge is 0.398 e. The van der Waals surface area contributed by atoms with E-state index in [9.17, 15) is 5.26 Å². The van der Waals surface area contributed by atoms with Crippen LogP contribution in [0.1, 0.15) is 31.7 Å². The van der Waals surface area contributed by atoms with Crippen molar-refractivity contribution in [1.29, 1.82) is 5.26 Å². The zero-order valence-corrected chi connectivity index (χ0v) is 10.3. The molecule has 1 fully saturated rings. The Morgan fingerprint density at radius 3 is 2.71 bits per heavy atom. The van der Waals surface area contributed by atoms with E-state index in [-0.39, 0.29) is 6.04 Å². The maximum absolute atomic E-state index is 9.20. The van der Waals surface area contributed by atoms with Crippen molar-refractivity contribution in [3.05, 3.63) is 29.8 Å². The number of hydrogen-bond acceptors (Lipinski definition) is 3. The Kier molecular flexibility index (Phi) is 3.65. The van der Waals surface area contributed by atoms with Gasteiger partial charge in [0.1, 0.15) is 0 Å². The Balaban J connectivity index is 2.13. The van der Waals surface area contributed by atoms with Gasteiger partial charge >= 0.3 is 0 Å². The molecule has 0 aromatic heterocycles. The summed E-state index contributed by atoms with van der Waals surface area (Å²) >= 11 is 0. The lowest BCUT2D eigenvalue weighted by Gasteiger charge is -2.26. The van der Waals surface area contributed by atoms with Gasteiger partial charge in [0.05, 0.1) is 12.1 Å². The Bertz CT molecular complexity index is 418. The highest BCUT2D eigenvalue weighted by Crippen LogP contribution is 2.31. The molecule has 0 amide bonds. The molecule has 0 saturated heterocycles. The van der Waals surface area contributed by atoms with Crippen LogP contribution in [0, 0.1) is 11.3 Å². The molecule has 3 nitrogen and oxygen atoms in total. The second kappa shape index (κ2) is 5.20. The van der Waals surface area contributed by atoms with Crippen LogP contribution in [0.5, 0.6) is 0 Å². The van der Waals surface area contributed by atoms with E-state index in [1.165, 1.54) is 12.8 Å². The standard InChI is InChI=1S/C14H19N3/c1-2-12(9-15)17(13-7-8-13)10-11-5-3-4-6-14(11)16/h3-6,12-13H,2,7-8,10,16H2,1H3. The molecule has 3 heteroatoms. The first kappa shape index (κ1) is 11.9. The quantitative estimate of drug-likeness (QED) is 0.789. The van der Waals surface area contributed by atoms with E-state index in [0.717, 1.165) is 24.2 Å². The first-order chi connectivity index (χ1) is 8.26. The van der Waals surface area contributed by atoms with Gasteiger partial charge in [-0.2, -0.15) is 5.26 Å². The lowest BCUT2D eigenvalue weighted by atomic mass is 10.1. The summed E-state index contributed by atoms with van der Waals surface area (Å²) in [6.45, 7) is 2.86. The Morgan fingerprint density at radius 1 is 1.47 bits per heavy atom. The predicted octanol–water partition coefficient (Wildman–Crippen LogP) is 2.54. The Labute approximate surface area is 103 Å². The van der Waals surface area contributed by atoms with Gasteiger partial charge in [-0.05, 0) is 30.9 Å². The summed E-state index contributed by atoms with van der Waals surface area (Å²) in [5.74, 6) is 0. The van der Waals surface area contributed by atoms with Gasteiger partial charge in [0.15, 0.2) is 0 Å². The van der Waals surface area contributed by atoms with Crippen LogP contribution in [0.15, 0.2) is 24.3 Å². The summed E-state index contributed by atoms with van der Waals surface area (Å²) in [6.07, 6.45) is 3.30. The summed E-state index contributed by atoms with van der Waals surface area (Å²) < 4.78 is 0. The summed E-state index contributed by atoms with van der Waals surface area (Å²) in [4.78, 5) is 2.30. The van der Waals surface area contributed by atoms with Gasteiger partial charge < -0.3 is 5.73 Å². The highest BCUT2D eigenvalue weighted by molar-refractivity contribution is 5.46. The van der Waals surface area contributed by atoms with Crippen LogP contribution in [-0.4, -0.2) is 17.0 Å². The molecule has 0 spiro atoms. The number of nitrogens with two attached hydrogens (primary N) is 1. The number of anilines is 1. The molecule has 17 heavy (non-hydrogen) atoms. The molecule has 90 valence electrons. The molecular weight excluding hydrogens is 210 g/mol. The second-order valence-electron chi connectivity index (χ2n) is 4.66. The number of benzene rings is 1. The van der Waals surface area contributed by atoms with Crippen molar-refractivity contribution in [1.82, 2.24) is 4.90 Å². The van der Waals surface area contributed by atoms with Crippen LogP contribution in [0.3, 0.4) is 0 Å². The van der Waals surface area contributed by atoms with Crippen LogP contribution in [-0.2, 0) is 6.54 Å². The van der Waals surface area contributed by atoms with Gasteiger partial charge in [-0.1, -0.05) is 25.1 Å². The third-order valence-electron chi connectivity index (χ3n) is 3.36. The van der Waals surface area contributed by atoms with E-state index >= 15 is 0 Å². The average Bonchev–Trinajstić information content (AvgIpc) is 3.16. The Hall–Kier alpha value is -1.53. The minimum atomic E-state index is 0.0158. The highest BCUT2D eigenvalue weighted by atomic mass is 15.2. The van der Waals surface area contributed by atoms with Gasteiger partial charge in [0, 0.05) is 18.3 Å². The van der Waals surface area contributed by atoms with Gasteiger partial charge in [0.25, 0.3) is 0 Å². The van der Waals surface area contributed by atoms with Crippen LogP contribution < -0.4 is 5.73 Å². The van der Waals surface area contributed by atoms with Crippen molar-refractivity contribution in [2.45, 2.75) is 44.8 Å². The molecule has 1 aliphatic carbocycles. The predicted molar refractivity (Wildman–Crippen MR) is 69.1 cm³/mol. The zero-order valence-electron chi connectivity index (χ0n) is 10.3. The maximum atomic E-state index is 9.20. The van der Waals surface area contributed by atoms with E-state index in [0.29, 0.717) is 6.04 Å². The molecule has 0 heterocycles. The molecule has 2 N–H and O–H groups in total. The molecule has 1 aromatic carbocycles. The third kappa shape index (κ3) is 2.78. The van der Waals surface area contributed by atoms with Gasteiger partial charge in [-0.25, -0.2) is 0 Å². The third-order valence-corrected chi connectivity index (χ3v) is 3.36. The van der Waals surface area contributed by atoms with Crippen molar-refractivity contribution >= 4 is 5.69 Å². The summed E-state index contributed by atoms with van der Waals surface area (Å²) in [6, 6.07) is 10.9. The first-order valence-electron chi connectivity index (χ1n) is 6.25. The van der Waals surface area contributed by atoms with Gasteiger partial charge in [-0.15, -0.1) is 0 Å². The lowest BCUT2D eigenvalue weighted by Crippen LogP contribution is -2.35. The van der Waals surface area contributed by atoms with Gasteiger partial charge in [-0.3, -0.25) is 4.90 Å². The van der Waals surface area contributed by atoms with Crippen molar-refractivity contribution < 1.29 is 0 Å². The van der Waals surface area contributed by atoms with Crippen LogP contribution in [0.4, 0.5) is 5.69 Å². The molecular formula is C14H19N3. The SMILES string of the molecule is CCC(C#N)N(Cc1ccccc1N)C1CC1. The number of rotatable bonds is 5. The monoisotopic (exact) mass is 229 g/mol. The van der Waals surface area contributed by atoms with E-state index in [4.69, 9.17) is 5.73 Å². The fourth-order valence-electron chi connectivity index (χ4n) is 2.17. The van der Waals surface area contributed by atoms with E-state index in [2.05, 4.69) is 24.0 Å². The summed E-state index contributed by atoms with van der Waals surface area (Å²) in [5, 5.41) is 9.20. The number of nitriles is 1. The molecule has 1 aromatic rings. The first-order valence-corrected chi connectivity index (χ1v) is 6.25. The molecule has 0 bridgehead atoms. The zero-order chi connectivity index (χ0) is 12.3. The van der Waals surface area contributed by atoms with Crippen LogP contribution in [0.2, 0.25) is 0 Å². The van der Waals surface area contributed by atoms with Crippen molar-refractivity contribution in [3.8, 4) is 6.07 Å². The molecule has 1 aliphatic rings. The minimum Gasteiger partial charge on any atom is -0.398 e. The maximum Gasteiger partial charge on any atom is 0.0980 e. The minimum absolute atomic E-state index is 0.0158. The van der Waals surface area contributed by atoms with E-state index in [1.54, 1.807) is 0 Å². The molecule has 0 aliphatic heterocycles. The fraction of sp³-hybridized carbons (Fsp3) is 0.500. The van der Waals surface area contributed by atoms with E-state index < -0.39 is 0 Å². The fourth-order valence-corrected chi connectivity index (χ4v) is 2.17. The lowest BCUT2D eigenvalue weighted by molar-refractivity contribution is 0.210. The summed E-state index contributed by atoms with van der Waals surface area (Å²) in [7, 11) is 0. The van der Waals surface area contributed by atoms with Crippen molar-refractivity contribution in [3.63, 3.8) is 0 Å². The summed E-state index contributed by atoms with van der Waals surface area (Å²) in [5.41, 5.74) is 7.92. The van der Waals surface area contributed by atoms with E-state index in [1.807, 2.05) is 18.2 Å². The normalized spacial score (nSPS) is 16.8. The number of hydrogen-bond donors (Lipinski definition) is 1. The topological polar surface area (TPSA) is 53.0 Å². The second-order valence-corrected chi connectivity index (χ2v) is 4.66.